The van der Waals surface area contributed by atoms with Crippen molar-refractivity contribution in [1.29, 1.82) is 0 Å². The van der Waals surface area contributed by atoms with Gasteiger partial charge in [0.05, 0.1) is 0 Å². The predicted molar refractivity (Wildman–Crippen MR) is 74.3 cm³/mol. The molecule has 0 aliphatic carbocycles. The Bertz CT molecular complexity index is 362. The first-order valence-corrected chi connectivity index (χ1v) is 7.03. The van der Waals surface area contributed by atoms with Crippen LogP contribution in [0.2, 0.25) is 0 Å². The van der Waals surface area contributed by atoms with Crippen molar-refractivity contribution in [2.45, 2.75) is 51.4 Å². The third-order valence-electron chi connectivity index (χ3n) is 3.17. The van der Waals surface area contributed by atoms with Crippen molar-refractivity contribution in [1.82, 2.24) is 4.98 Å². The first-order chi connectivity index (χ1) is 9.24. The summed E-state index contributed by atoms with van der Waals surface area (Å²) < 4.78 is 0. The number of carboxylic acids is 1. The minimum absolute atomic E-state index is 0.104. The second kappa shape index (κ2) is 9.50. The quantitative estimate of drug-likeness (QED) is 0.638. The molecule has 0 amide bonds. The van der Waals surface area contributed by atoms with Gasteiger partial charge in [-0.2, -0.15) is 0 Å². The highest BCUT2D eigenvalue weighted by Crippen LogP contribution is 2.10. The average Bonchev–Trinajstić information content (AvgIpc) is 2.42. The van der Waals surface area contributed by atoms with E-state index in [4.69, 9.17) is 10.2 Å². The fourth-order valence-corrected chi connectivity index (χ4v) is 2.02. The molecule has 0 fully saturated rings. The molecule has 1 rings (SSSR count). The molecule has 0 radical (unpaired) electrons. The molecule has 0 bridgehead atoms. The maximum Gasteiger partial charge on any atom is 0.354 e. The highest BCUT2D eigenvalue weighted by Gasteiger charge is 2.03. The lowest BCUT2D eigenvalue weighted by atomic mass is 10.1. The number of aromatic nitrogens is 1. The maximum absolute atomic E-state index is 10.6. The van der Waals surface area contributed by atoms with Crippen LogP contribution in [0.4, 0.5) is 0 Å². The van der Waals surface area contributed by atoms with Crippen molar-refractivity contribution >= 4 is 5.97 Å². The van der Waals surface area contributed by atoms with Crippen LogP contribution in [0.15, 0.2) is 18.3 Å². The van der Waals surface area contributed by atoms with Gasteiger partial charge < -0.3 is 10.2 Å². The Labute approximate surface area is 114 Å². The van der Waals surface area contributed by atoms with Gasteiger partial charge in [-0.1, -0.05) is 38.2 Å². The van der Waals surface area contributed by atoms with Crippen LogP contribution in [-0.2, 0) is 6.42 Å². The summed E-state index contributed by atoms with van der Waals surface area (Å²) in [7, 11) is 0. The van der Waals surface area contributed by atoms with Crippen molar-refractivity contribution < 1.29 is 15.0 Å². The zero-order valence-electron chi connectivity index (χ0n) is 11.3. The average molecular weight is 265 g/mol. The number of aromatic carboxylic acids is 1. The van der Waals surface area contributed by atoms with Crippen LogP contribution in [0, 0.1) is 0 Å². The molecule has 0 saturated carbocycles. The molecule has 1 aromatic rings. The number of aliphatic hydroxyl groups is 1. The Morgan fingerprint density at radius 2 is 1.63 bits per heavy atom. The Kier molecular flexibility index (Phi) is 7.82. The second-order valence-electron chi connectivity index (χ2n) is 4.81. The summed E-state index contributed by atoms with van der Waals surface area (Å²) in [5.74, 6) is -0.977. The number of aliphatic hydroxyl groups excluding tert-OH is 1. The summed E-state index contributed by atoms with van der Waals surface area (Å²) in [6, 6.07) is 3.41. The highest BCUT2D eigenvalue weighted by molar-refractivity contribution is 5.85. The molecule has 0 spiro atoms. The van der Waals surface area contributed by atoms with Crippen LogP contribution in [0.5, 0.6) is 0 Å². The minimum Gasteiger partial charge on any atom is -0.477 e. The number of unbranched alkanes of at least 4 members (excludes halogenated alkanes) is 6. The summed E-state index contributed by atoms with van der Waals surface area (Å²) in [4.78, 5) is 14.5. The Hall–Kier alpha value is -1.42. The van der Waals surface area contributed by atoms with E-state index in [0.29, 0.717) is 6.61 Å². The van der Waals surface area contributed by atoms with Gasteiger partial charge >= 0.3 is 5.97 Å². The lowest BCUT2D eigenvalue weighted by Crippen LogP contribution is -2.00. The van der Waals surface area contributed by atoms with E-state index in [1.54, 1.807) is 12.3 Å². The molecule has 0 saturated heterocycles. The summed E-state index contributed by atoms with van der Waals surface area (Å²) in [5.41, 5.74) is 1.21. The molecule has 0 unspecified atom stereocenters. The van der Waals surface area contributed by atoms with Crippen molar-refractivity contribution in [3.8, 4) is 0 Å². The minimum atomic E-state index is -0.977. The van der Waals surface area contributed by atoms with E-state index in [1.165, 1.54) is 25.7 Å². The Morgan fingerprint density at radius 1 is 1.00 bits per heavy atom. The second-order valence-corrected chi connectivity index (χ2v) is 4.81. The van der Waals surface area contributed by atoms with Crippen molar-refractivity contribution in [3.63, 3.8) is 0 Å². The number of rotatable bonds is 10. The van der Waals surface area contributed by atoms with Crippen molar-refractivity contribution in [2.24, 2.45) is 0 Å². The predicted octanol–water partition coefficient (Wildman–Crippen LogP) is 3.05. The van der Waals surface area contributed by atoms with Crippen LogP contribution in [-0.4, -0.2) is 27.8 Å². The molecule has 0 aliphatic heterocycles. The molecule has 2 N–H and O–H groups in total. The normalized spacial score (nSPS) is 10.6. The molecule has 0 aromatic carbocycles. The first kappa shape index (κ1) is 15.6. The van der Waals surface area contributed by atoms with Gasteiger partial charge in [-0.25, -0.2) is 9.78 Å². The number of carbonyl (C=O) groups is 1. The molecule has 1 aromatic heterocycles. The molecule has 19 heavy (non-hydrogen) atoms. The van der Waals surface area contributed by atoms with Gasteiger partial charge in [-0.05, 0) is 30.9 Å². The molecule has 0 aliphatic rings. The topological polar surface area (TPSA) is 70.4 Å². The summed E-state index contributed by atoms with van der Waals surface area (Å²) >= 11 is 0. The van der Waals surface area contributed by atoms with Crippen LogP contribution in [0.25, 0.3) is 0 Å². The van der Waals surface area contributed by atoms with Gasteiger partial charge in [-0.15, -0.1) is 0 Å². The van der Waals surface area contributed by atoms with Crippen LogP contribution in [0.3, 0.4) is 0 Å². The summed E-state index contributed by atoms with van der Waals surface area (Å²) in [6.07, 6.45) is 10.6. The Morgan fingerprint density at radius 3 is 2.16 bits per heavy atom. The lowest BCUT2D eigenvalue weighted by molar-refractivity contribution is 0.0690. The zero-order valence-corrected chi connectivity index (χ0v) is 11.3. The third kappa shape index (κ3) is 6.91. The highest BCUT2D eigenvalue weighted by atomic mass is 16.4. The fraction of sp³-hybridized carbons (Fsp3) is 0.600. The number of hydrogen-bond acceptors (Lipinski definition) is 3. The van der Waals surface area contributed by atoms with Gasteiger partial charge in [0.2, 0.25) is 0 Å². The lowest BCUT2D eigenvalue weighted by Gasteiger charge is -2.02. The number of pyridine rings is 1. The van der Waals surface area contributed by atoms with Gasteiger partial charge in [0.15, 0.2) is 0 Å². The smallest absolute Gasteiger partial charge is 0.354 e. The molecule has 4 heteroatoms. The van der Waals surface area contributed by atoms with Gasteiger partial charge in [-0.3, -0.25) is 0 Å². The van der Waals surface area contributed by atoms with E-state index in [1.807, 2.05) is 6.07 Å². The number of nitrogens with zero attached hydrogens (tertiary/aromatic N) is 1. The molecule has 0 atom stereocenters. The third-order valence-corrected chi connectivity index (χ3v) is 3.17. The maximum atomic E-state index is 10.6. The molecule has 4 nitrogen and oxygen atoms in total. The standard InChI is InChI=1S/C15H23NO3/c17-11-7-5-3-1-2-4-6-8-13-9-10-14(15(18)19)16-12-13/h9-10,12,17H,1-8,11H2,(H,18,19). The van der Waals surface area contributed by atoms with Crippen LogP contribution in [0.1, 0.15) is 61.0 Å². The van der Waals surface area contributed by atoms with E-state index in [9.17, 15) is 4.79 Å². The molecule has 106 valence electrons. The van der Waals surface area contributed by atoms with Crippen molar-refractivity contribution in [2.75, 3.05) is 6.61 Å². The van der Waals surface area contributed by atoms with Crippen molar-refractivity contribution in [3.05, 3.63) is 29.6 Å². The largest absolute Gasteiger partial charge is 0.477 e. The molecular formula is C15H23NO3. The number of hydrogen-bond donors (Lipinski definition) is 2. The molecule has 1 heterocycles. The number of aryl methyl sites for hydroxylation is 1. The van der Waals surface area contributed by atoms with E-state index < -0.39 is 5.97 Å². The van der Waals surface area contributed by atoms with Gasteiger partial charge in [0, 0.05) is 12.8 Å². The monoisotopic (exact) mass is 265 g/mol. The summed E-state index contributed by atoms with van der Waals surface area (Å²) in [5, 5.41) is 17.4. The van der Waals surface area contributed by atoms with E-state index >= 15 is 0 Å². The van der Waals surface area contributed by atoms with E-state index in [0.717, 1.165) is 31.2 Å². The Balaban J connectivity index is 2.07. The zero-order chi connectivity index (χ0) is 13.9. The first-order valence-electron chi connectivity index (χ1n) is 7.03. The van der Waals surface area contributed by atoms with Crippen LogP contribution >= 0.6 is 0 Å². The van der Waals surface area contributed by atoms with Gasteiger partial charge in [0.25, 0.3) is 0 Å². The van der Waals surface area contributed by atoms with E-state index in [2.05, 4.69) is 4.98 Å². The van der Waals surface area contributed by atoms with Crippen LogP contribution < -0.4 is 0 Å². The van der Waals surface area contributed by atoms with Gasteiger partial charge in [0.1, 0.15) is 5.69 Å². The number of carboxylic acid groups (broad SMARTS) is 1. The molecular weight excluding hydrogens is 242 g/mol. The summed E-state index contributed by atoms with van der Waals surface area (Å²) in [6.45, 7) is 0.305. The van der Waals surface area contributed by atoms with E-state index in [-0.39, 0.29) is 5.69 Å². The fourth-order valence-electron chi connectivity index (χ4n) is 2.02. The SMILES string of the molecule is O=C(O)c1ccc(CCCCCCCCCO)cn1.